The van der Waals surface area contributed by atoms with Gasteiger partial charge >= 0.3 is 0 Å². The number of nitrogens with zero attached hydrogens (tertiary/aromatic N) is 1. The number of carbonyl (C=O) groups is 1. The van der Waals surface area contributed by atoms with Crippen LogP contribution in [0.3, 0.4) is 0 Å². The number of para-hydroxylation sites is 1. The minimum absolute atomic E-state index is 0.145. The first-order valence-corrected chi connectivity index (χ1v) is 7.36. The minimum atomic E-state index is 0.145. The molecule has 2 unspecified atom stereocenters. The van der Waals surface area contributed by atoms with Crippen molar-refractivity contribution in [1.82, 2.24) is 4.90 Å². The fourth-order valence-corrected chi connectivity index (χ4v) is 2.94. The second-order valence-electron chi connectivity index (χ2n) is 5.41. The molecule has 1 amide bonds. The van der Waals surface area contributed by atoms with E-state index in [2.05, 4.69) is 0 Å². The lowest BCUT2D eigenvalue weighted by atomic mass is 10.0. The molecule has 20 heavy (non-hydrogen) atoms. The summed E-state index contributed by atoms with van der Waals surface area (Å²) < 4.78 is 5.57. The number of hydrogen-bond acceptors (Lipinski definition) is 3. The Labute approximate surface area is 120 Å². The average Bonchev–Trinajstić information content (AvgIpc) is 2.96. The summed E-state index contributed by atoms with van der Waals surface area (Å²) >= 11 is 0. The SMILES string of the molecule is CN(C(=O)CCOc1ccccc1)C1CCCC1CN. The van der Waals surface area contributed by atoms with Crippen LogP contribution in [0.15, 0.2) is 30.3 Å². The van der Waals surface area contributed by atoms with Gasteiger partial charge in [-0.25, -0.2) is 0 Å². The lowest BCUT2D eigenvalue weighted by molar-refractivity contribution is -0.133. The molecule has 0 aliphatic heterocycles. The van der Waals surface area contributed by atoms with Gasteiger partial charge in [-0.15, -0.1) is 0 Å². The molecule has 2 atom stereocenters. The smallest absolute Gasteiger partial charge is 0.225 e. The van der Waals surface area contributed by atoms with Gasteiger partial charge in [-0.1, -0.05) is 24.6 Å². The predicted octanol–water partition coefficient (Wildman–Crippen LogP) is 2.04. The van der Waals surface area contributed by atoms with Crippen molar-refractivity contribution in [3.63, 3.8) is 0 Å². The van der Waals surface area contributed by atoms with E-state index in [-0.39, 0.29) is 5.91 Å². The maximum absolute atomic E-state index is 12.2. The molecule has 0 bridgehead atoms. The fraction of sp³-hybridized carbons (Fsp3) is 0.562. The Balaban J connectivity index is 1.77. The van der Waals surface area contributed by atoms with E-state index in [1.165, 1.54) is 6.42 Å². The van der Waals surface area contributed by atoms with Crippen LogP contribution in [0.2, 0.25) is 0 Å². The molecule has 1 aliphatic rings. The lowest BCUT2D eigenvalue weighted by Crippen LogP contribution is -2.41. The Morgan fingerprint density at radius 2 is 2.10 bits per heavy atom. The standard InChI is InChI=1S/C16H24N2O2/c1-18(15-9-5-6-13(15)12-17)16(19)10-11-20-14-7-3-2-4-8-14/h2-4,7-8,13,15H,5-6,9-12,17H2,1H3. The van der Waals surface area contributed by atoms with Crippen molar-refractivity contribution >= 4 is 5.91 Å². The van der Waals surface area contributed by atoms with Gasteiger partial charge in [0.25, 0.3) is 0 Å². The third-order valence-corrected chi connectivity index (χ3v) is 4.14. The normalized spacial score (nSPS) is 21.7. The molecule has 4 heteroatoms. The van der Waals surface area contributed by atoms with Crippen LogP contribution in [-0.4, -0.2) is 37.0 Å². The van der Waals surface area contributed by atoms with Crippen molar-refractivity contribution in [1.29, 1.82) is 0 Å². The lowest BCUT2D eigenvalue weighted by Gasteiger charge is -2.29. The maximum Gasteiger partial charge on any atom is 0.225 e. The monoisotopic (exact) mass is 276 g/mol. The van der Waals surface area contributed by atoms with Crippen LogP contribution in [0, 0.1) is 5.92 Å². The van der Waals surface area contributed by atoms with Crippen LogP contribution in [-0.2, 0) is 4.79 Å². The Morgan fingerprint density at radius 3 is 2.80 bits per heavy atom. The summed E-state index contributed by atoms with van der Waals surface area (Å²) in [4.78, 5) is 14.1. The molecule has 110 valence electrons. The second-order valence-corrected chi connectivity index (χ2v) is 5.41. The van der Waals surface area contributed by atoms with Crippen molar-refractivity contribution in [2.45, 2.75) is 31.7 Å². The summed E-state index contributed by atoms with van der Waals surface area (Å²) in [6.07, 6.45) is 3.80. The van der Waals surface area contributed by atoms with Gasteiger partial charge in [-0.3, -0.25) is 4.79 Å². The van der Waals surface area contributed by atoms with Gasteiger partial charge in [-0.05, 0) is 37.4 Å². The molecule has 1 aromatic rings. The Morgan fingerprint density at radius 1 is 1.35 bits per heavy atom. The molecule has 0 spiro atoms. The minimum Gasteiger partial charge on any atom is -0.493 e. The molecule has 1 saturated carbocycles. The molecule has 1 fully saturated rings. The number of amides is 1. The molecule has 2 N–H and O–H groups in total. The van der Waals surface area contributed by atoms with E-state index in [1.807, 2.05) is 42.3 Å². The van der Waals surface area contributed by atoms with Crippen LogP contribution in [0.4, 0.5) is 0 Å². The Bertz CT molecular complexity index is 422. The first-order valence-electron chi connectivity index (χ1n) is 7.36. The quantitative estimate of drug-likeness (QED) is 0.865. The number of rotatable bonds is 6. The van der Waals surface area contributed by atoms with Crippen LogP contribution < -0.4 is 10.5 Å². The van der Waals surface area contributed by atoms with E-state index >= 15 is 0 Å². The zero-order valence-electron chi connectivity index (χ0n) is 12.1. The van der Waals surface area contributed by atoms with E-state index in [9.17, 15) is 4.79 Å². The molecular weight excluding hydrogens is 252 g/mol. The number of benzene rings is 1. The van der Waals surface area contributed by atoms with Crippen LogP contribution >= 0.6 is 0 Å². The zero-order valence-corrected chi connectivity index (χ0v) is 12.1. The molecule has 0 radical (unpaired) electrons. The molecule has 0 heterocycles. The molecule has 1 aromatic carbocycles. The topological polar surface area (TPSA) is 55.6 Å². The van der Waals surface area contributed by atoms with Gasteiger partial charge in [0.1, 0.15) is 5.75 Å². The van der Waals surface area contributed by atoms with E-state index in [1.54, 1.807) is 0 Å². The summed E-state index contributed by atoms with van der Waals surface area (Å²) in [5.41, 5.74) is 5.78. The summed E-state index contributed by atoms with van der Waals surface area (Å²) in [6.45, 7) is 1.09. The zero-order chi connectivity index (χ0) is 14.4. The van der Waals surface area contributed by atoms with Crippen molar-refractivity contribution in [3.8, 4) is 5.75 Å². The second kappa shape index (κ2) is 7.29. The highest BCUT2D eigenvalue weighted by Gasteiger charge is 2.31. The third kappa shape index (κ3) is 3.73. The molecule has 0 aromatic heterocycles. The first kappa shape index (κ1) is 14.9. The highest BCUT2D eigenvalue weighted by molar-refractivity contribution is 5.76. The fourth-order valence-electron chi connectivity index (χ4n) is 2.94. The maximum atomic E-state index is 12.2. The Hall–Kier alpha value is -1.55. The van der Waals surface area contributed by atoms with Crippen molar-refractivity contribution < 1.29 is 9.53 Å². The first-order chi connectivity index (χ1) is 9.72. The average molecular weight is 276 g/mol. The van der Waals surface area contributed by atoms with Gasteiger partial charge in [-0.2, -0.15) is 0 Å². The number of carbonyl (C=O) groups excluding carboxylic acids is 1. The van der Waals surface area contributed by atoms with Crippen LogP contribution in [0.25, 0.3) is 0 Å². The van der Waals surface area contributed by atoms with E-state index in [0.29, 0.717) is 31.5 Å². The molecule has 2 rings (SSSR count). The van der Waals surface area contributed by atoms with Crippen LogP contribution in [0.1, 0.15) is 25.7 Å². The summed E-state index contributed by atoms with van der Waals surface area (Å²) in [7, 11) is 1.89. The van der Waals surface area contributed by atoms with Crippen LogP contribution in [0.5, 0.6) is 5.75 Å². The van der Waals surface area contributed by atoms with Gasteiger partial charge in [0.05, 0.1) is 13.0 Å². The predicted molar refractivity (Wildman–Crippen MR) is 79.5 cm³/mol. The molecular formula is C16H24N2O2. The van der Waals surface area contributed by atoms with E-state index in [4.69, 9.17) is 10.5 Å². The summed E-state index contributed by atoms with van der Waals surface area (Å²) in [6, 6.07) is 9.90. The Kier molecular flexibility index (Phi) is 5.41. The van der Waals surface area contributed by atoms with Crippen molar-refractivity contribution in [3.05, 3.63) is 30.3 Å². The summed E-state index contributed by atoms with van der Waals surface area (Å²) in [5, 5.41) is 0. The third-order valence-electron chi connectivity index (χ3n) is 4.14. The van der Waals surface area contributed by atoms with E-state index < -0.39 is 0 Å². The molecule has 1 aliphatic carbocycles. The molecule has 4 nitrogen and oxygen atoms in total. The number of nitrogens with two attached hydrogens (primary N) is 1. The van der Waals surface area contributed by atoms with Gasteiger partial charge in [0, 0.05) is 13.1 Å². The number of hydrogen-bond donors (Lipinski definition) is 1. The highest BCUT2D eigenvalue weighted by Crippen LogP contribution is 2.28. The van der Waals surface area contributed by atoms with E-state index in [0.717, 1.165) is 18.6 Å². The van der Waals surface area contributed by atoms with Gasteiger partial charge < -0.3 is 15.4 Å². The van der Waals surface area contributed by atoms with Crippen molar-refractivity contribution in [2.24, 2.45) is 11.7 Å². The summed E-state index contributed by atoms with van der Waals surface area (Å²) in [5.74, 6) is 1.41. The number of ether oxygens (including phenoxy) is 1. The van der Waals surface area contributed by atoms with Crippen molar-refractivity contribution in [2.75, 3.05) is 20.2 Å². The van der Waals surface area contributed by atoms with Gasteiger partial charge in [0.2, 0.25) is 5.91 Å². The highest BCUT2D eigenvalue weighted by atomic mass is 16.5. The molecule has 0 saturated heterocycles. The van der Waals surface area contributed by atoms with Gasteiger partial charge in [0.15, 0.2) is 0 Å². The largest absolute Gasteiger partial charge is 0.493 e.